The number of ether oxygens (including phenoxy) is 5. The summed E-state index contributed by atoms with van der Waals surface area (Å²) in [6.07, 6.45) is -1.16. The number of hydrogen-bond acceptors (Lipinski definition) is 9. The van der Waals surface area contributed by atoms with Gasteiger partial charge in [0.1, 0.15) is 29.8 Å². The molecule has 2 aliphatic carbocycles. The van der Waals surface area contributed by atoms with Crippen molar-refractivity contribution < 1.29 is 42.9 Å². The number of fused-ring (bicyclic) bond motifs is 2. The molecule has 9 heteroatoms. The smallest absolute Gasteiger partial charge is 0.308 e. The maximum absolute atomic E-state index is 13.9. The topological polar surface area (TPSA) is 118 Å². The van der Waals surface area contributed by atoms with E-state index in [9.17, 15) is 19.2 Å². The predicted molar refractivity (Wildman–Crippen MR) is 98.8 cm³/mol. The van der Waals surface area contributed by atoms with Crippen molar-refractivity contribution in [2.75, 3.05) is 13.2 Å². The van der Waals surface area contributed by atoms with Crippen LogP contribution in [0, 0.1) is 10.8 Å². The van der Waals surface area contributed by atoms with Crippen molar-refractivity contribution in [2.24, 2.45) is 10.8 Å². The summed E-state index contributed by atoms with van der Waals surface area (Å²) in [7, 11) is 0. The summed E-state index contributed by atoms with van der Waals surface area (Å²) in [5.41, 5.74) is -2.47. The Balaban J connectivity index is 1.85. The van der Waals surface area contributed by atoms with Crippen molar-refractivity contribution in [1.29, 1.82) is 0 Å². The van der Waals surface area contributed by atoms with Gasteiger partial charge in [0.25, 0.3) is 0 Å². The molecule has 0 aromatic rings. The Morgan fingerprint density at radius 2 is 1.80 bits per heavy atom. The van der Waals surface area contributed by atoms with Crippen LogP contribution in [-0.2, 0) is 42.9 Å². The number of carbonyl (C=O) groups is 4. The summed E-state index contributed by atoms with van der Waals surface area (Å²) >= 11 is 0. The van der Waals surface area contributed by atoms with Gasteiger partial charge in [-0.2, -0.15) is 0 Å². The second-order valence-corrected chi connectivity index (χ2v) is 8.90. The van der Waals surface area contributed by atoms with Gasteiger partial charge >= 0.3 is 17.9 Å². The molecule has 1 unspecified atom stereocenters. The molecule has 9 nitrogen and oxygen atoms in total. The minimum Gasteiger partial charge on any atom is -0.465 e. The van der Waals surface area contributed by atoms with Gasteiger partial charge < -0.3 is 23.7 Å². The van der Waals surface area contributed by atoms with Gasteiger partial charge in [0, 0.05) is 26.2 Å². The normalized spacial score (nSPS) is 41.4. The SMILES string of the molecule is CC(=O)OC[C@]12C(=O)C(OC(C)=O)=C(C)C[C@H]1O[C@@H]1[C@H](OC(C)=O)C[C@@]2(C)C12CO2. The van der Waals surface area contributed by atoms with Crippen LogP contribution in [-0.4, -0.2) is 60.8 Å². The Morgan fingerprint density at radius 1 is 1.13 bits per heavy atom. The number of rotatable bonds is 4. The Morgan fingerprint density at radius 3 is 2.33 bits per heavy atom. The lowest BCUT2D eigenvalue weighted by Gasteiger charge is -2.56. The zero-order valence-corrected chi connectivity index (χ0v) is 17.7. The van der Waals surface area contributed by atoms with Crippen molar-refractivity contribution in [3.63, 3.8) is 0 Å². The van der Waals surface area contributed by atoms with Gasteiger partial charge in [-0.05, 0) is 25.3 Å². The number of carbonyl (C=O) groups excluding carboxylic acids is 4. The zero-order chi connectivity index (χ0) is 22.1. The van der Waals surface area contributed by atoms with E-state index in [2.05, 4.69) is 0 Å². The fraction of sp³-hybridized carbons (Fsp3) is 0.714. The van der Waals surface area contributed by atoms with E-state index in [0.29, 0.717) is 25.0 Å². The molecule has 164 valence electrons. The third-order valence-electron chi connectivity index (χ3n) is 7.20. The second kappa shape index (κ2) is 6.62. The summed E-state index contributed by atoms with van der Waals surface area (Å²) in [6, 6.07) is 0. The van der Waals surface area contributed by atoms with E-state index in [-0.39, 0.29) is 12.4 Å². The molecule has 2 saturated heterocycles. The van der Waals surface area contributed by atoms with Crippen molar-refractivity contribution in [3.05, 3.63) is 11.3 Å². The number of ketones is 1. The molecule has 1 spiro atoms. The van der Waals surface area contributed by atoms with E-state index in [4.69, 9.17) is 23.7 Å². The van der Waals surface area contributed by atoms with Crippen LogP contribution in [0.15, 0.2) is 11.3 Å². The lowest BCUT2D eigenvalue weighted by Crippen LogP contribution is -2.68. The van der Waals surface area contributed by atoms with Crippen molar-refractivity contribution in [1.82, 2.24) is 0 Å². The van der Waals surface area contributed by atoms with Crippen LogP contribution >= 0.6 is 0 Å². The molecule has 1 saturated carbocycles. The maximum atomic E-state index is 13.9. The molecule has 0 amide bonds. The first-order chi connectivity index (χ1) is 14.0. The molecule has 2 heterocycles. The Bertz CT molecular complexity index is 870. The predicted octanol–water partition coefficient (Wildman–Crippen LogP) is 1.22. The van der Waals surface area contributed by atoms with E-state index in [1.165, 1.54) is 20.8 Å². The van der Waals surface area contributed by atoms with Gasteiger partial charge in [-0.25, -0.2) is 0 Å². The van der Waals surface area contributed by atoms with Gasteiger partial charge in [-0.3, -0.25) is 19.2 Å². The highest BCUT2D eigenvalue weighted by Crippen LogP contribution is 2.71. The van der Waals surface area contributed by atoms with Crippen LogP contribution < -0.4 is 0 Å². The number of Topliss-reactive ketones (excluding diaryl/α,β-unsaturated/α-hetero) is 1. The fourth-order valence-electron chi connectivity index (χ4n) is 5.78. The van der Waals surface area contributed by atoms with E-state index < -0.39 is 58.4 Å². The van der Waals surface area contributed by atoms with E-state index >= 15 is 0 Å². The molecular weight excluding hydrogens is 396 g/mol. The fourth-order valence-corrected chi connectivity index (χ4v) is 5.78. The molecule has 6 atom stereocenters. The number of hydrogen-bond donors (Lipinski definition) is 0. The Hall–Kier alpha value is -2.26. The van der Waals surface area contributed by atoms with Gasteiger partial charge in [-0.15, -0.1) is 0 Å². The minimum atomic E-state index is -1.34. The molecular formula is C21H26O9. The quantitative estimate of drug-likeness (QED) is 0.374. The number of epoxide rings is 1. The third kappa shape index (κ3) is 2.61. The average molecular weight is 422 g/mol. The van der Waals surface area contributed by atoms with Crippen LogP contribution in [0.4, 0.5) is 0 Å². The van der Waals surface area contributed by atoms with Gasteiger partial charge in [0.05, 0.1) is 12.7 Å². The molecule has 2 aliphatic heterocycles. The number of allylic oxidation sites excluding steroid dienone is 1. The minimum absolute atomic E-state index is 0.0408. The molecule has 2 bridgehead atoms. The van der Waals surface area contributed by atoms with Crippen LogP contribution in [0.25, 0.3) is 0 Å². The van der Waals surface area contributed by atoms with Crippen molar-refractivity contribution in [2.45, 2.75) is 71.4 Å². The van der Waals surface area contributed by atoms with Crippen molar-refractivity contribution >= 4 is 23.7 Å². The summed E-state index contributed by atoms with van der Waals surface area (Å²) in [5, 5.41) is 0. The van der Waals surface area contributed by atoms with Crippen LogP contribution in [0.1, 0.15) is 47.5 Å². The van der Waals surface area contributed by atoms with E-state index in [1.54, 1.807) is 6.92 Å². The Labute approximate surface area is 174 Å². The molecule has 30 heavy (non-hydrogen) atoms. The zero-order valence-electron chi connectivity index (χ0n) is 17.7. The molecule has 3 fully saturated rings. The average Bonchev–Trinajstić information content (AvgIpc) is 3.39. The summed E-state index contributed by atoms with van der Waals surface area (Å²) in [4.78, 5) is 49.0. The van der Waals surface area contributed by atoms with Crippen molar-refractivity contribution in [3.8, 4) is 0 Å². The monoisotopic (exact) mass is 422 g/mol. The lowest BCUT2D eigenvalue weighted by molar-refractivity contribution is -0.230. The maximum Gasteiger partial charge on any atom is 0.308 e. The first-order valence-electron chi connectivity index (χ1n) is 10.0. The molecule has 0 aromatic heterocycles. The second-order valence-electron chi connectivity index (χ2n) is 8.90. The highest BCUT2D eigenvalue weighted by atomic mass is 16.7. The molecule has 0 aromatic carbocycles. The largest absolute Gasteiger partial charge is 0.465 e. The van der Waals surface area contributed by atoms with Crippen LogP contribution in [0.5, 0.6) is 0 Å². The standard InChI is InChI=1S/C21H26O9/c1-10-6-15-20(8-26-11(2)22,17(25)16(10)29-13(4)24)19(5)7-14(28-12(3)23)18(30-15)21(19)9-27-21/h14-15,18H,6-9H2,1-5H3/t14-,15-,18-,19-,20-,21?/m1/s1. The summed E-state index contributed by atoms with van der Waals surface area (Å²) in [5.74, 6) is -2.09. The first-order valence-corrected chi connectivity index (χ1v) is 10.0. The highest BCUT2D eigenvalue weighted by Gasteiger charge is 2.84. The van der Waals surface area contributed by atoms with Crippen LogP contribution in [0.3, 0.4) is 0 Å². The summed E-state index contributed by atoms with van der Waals surface area (Å²) < 4.78 is 28.5. The molecule has 4 aliphatic rings. The summed E-state index contributed by atoms with van der Waals surface area (Å²) in [6.45, 7) is 7.50. The molecule has 0 N–H and O–H groups in total. The van der Waals surface area contributed by atoms with Crippen LogP contribution in [0.2, 0.25) is 0 Å². The molecule has 4 rings (SSSR count). The first kappa shape index (κ1) is 21.0. The van der Waals surface area contributed by atoms with E-state index in [0.717, 1.165) is 0 Å². The number of esters is 3. The van der Waals surface area contributed by atoms with Gasteiger partial charge in [0.2, 0.25) is 5.78 Å². The Kier molecular flexibility index (Phi) is 4.63. The highest BCUT2D eigenvalue weighted by molar-refractivity contribution is 6.03. The van der Waals surface area contributed by atoms with Gasteiger partial charge in [0.15, 0.2) is 5.76 Å². The van der Waals surface area contributed by atoms with E-state index in [1.807, 2.05) is 6.92 Å². The lowest BCUT2D eigenvalue weighted by atomic mass is 9.51. The third-order valence-corrected chi connectivity index (χ3v) is 7.20. The molecule has 0 radical (unpaired) electrons. The van der Waals surface area contributed by atoms with Gasteiger partial charge in [-0.1, -0.05) is 6.92 Å².